The Labute approximate surface area is 199 Å². The smallest absolute Gasteiger partial charge is 0.186 e. The standard InChI is InChI=1S/C26H30N6S/c1-30-15-21-13-19(7-8-23(21)31(30)2)25-24(18-5-3-17(14-27)4-6-18)29-26(33-25)32-12-10-22-20(16-32)9-11-28-22/h3-6,13,20,22,28H,7-12,15-16H2,1-2H3. The highest BCUT2D eigenvalue weighted by molar-refractivity contribution is 7.17. The number of likely N-dealkylation sites (N-methyl/N-ethyl adjacent to an activating group) is 1. The molecule has 0 spiro atoms. The van der Waals surface area contributed by atoms with Gasteiger partial charge >= 0.3 is 0 Å². The molecule has 2 saturated heterocycles. The number of hydrogen-bond acceptors (Lipinski definition) is 7. The highest BCUT2D eigenvalue weighted by atomic mass is 32.1. The first kappa shape index (κ1) is 20.9. The maximum atomic E-state index is 9.24. The van der Waals surface area contributed by atoms with Gasteiger partial charge in [0.25, 0.3) is 0 Å². The van der Waals surface area contributed by atoms with Crippen molar-refractivity contribution in [2.45, 2.75) is 31.7 Å². The van der Waals surface area contributed by atoms with Gasteiger partial charge in [-0.3, -0.25) is 0 Å². The molecule has 33 heavy (non-hydrogen) atoms. The minimum atomic E-state index is 0.682. The van der Waals surface area contributed by atoms with Crippen LogP contribution in [0.15, 0.2) is 41.6 Å². The second-order valence-electron chi connectivity index (χ2n) is 9.69. The Kier molecular flexibility index (Phi) is 5.25. The Hall–Kier alpha value is -2.66. The average molecular weight is 459 g/mol. The minimum absolute atomic E-state index is 0.682. The van der Waals surface area contributed by atoms with E-state index in [2.05, 4.69) is 58.6 Å². The number of aromatic nitrogens is 1. The summed E-state index contributed by atoms with van der Waals surface area (Å²) in [7, 11) is 4.32. The van der Waals surface area contributed by atoms with E-state index < -0.39 is 0 Å². The van der Waals surface area contributed by atoms with Crippen molar-refractivity contribution in [3.05, 3.63) is 52.1 Å². The van der Waals surface area contributed by atoms with Gasteiger partial charge in [-0.15, -0.1) is 0 Å². The fourth-order valence-electron chi connectivity index (χ4n) is 5.81. The molecule has 6 rings (SSSR count). The van der Waals surface area contributed by atoms with Gasteiger partial charge in [0, 0.05) is 51.0 Å². The topological polar surface area (TPSA) is 58.4 Å². The van der Waals surface area contributed by atoms with Crippen LogP contribution in [0.5, 0.6) is 0 Å². The molecule has 1 N–H and O–H groups in total. The van der Waals surface area contributed by atoms with E-state index in [0.29, 0.717) is 11.6 Å². The van der Waals surface area contributed by atoms with Gasteiger partial charge in [-0.1, -0.05) is 29.5 Å². The molecule has 0 radical (unpaired) electrons. The first-order chi connectivity index (χ1) is 16.1. The van der Waals surface area contributed by atoms with Crippen molar-refractivity contribution in [2.75, 3.05) is 45.2 Å². The predicted octanol–water partition coefficient (Wildman–Crippen LogP) is 4.09. The summed E-state index contributed by atoms with van der Waals surface area (Å²) < 4.78 is 0. The molecule has 2 unspecified atom stereocenters. The summed E-state index contributed by atoms with van der Waals surface area (Å²) in [5, 5.41) is 18.6. The molecule has 0 bridgehead atoms. The third-order valence-electron chi connectivity index (χ3n) is 7.77. The SMILES string of the molecule is CN1CC2=C(CCC(c3sc(N4CCC5NCCC5C4)nc3-c3ccc(C#N)cc3)=C2)N1C. The van der Waals surface area contributed by atoms with Crippen LogP contribution in [0.1, 0.15) is 36.1 Å². The van der Waals surface area contributed by atoms with Crippen molar-refractivity contribution in [3.63, 3.8) is 0 Å². The van der Waals surface area contributed by atoms with Crippen molar-refractivity contribution in [1.82, 2.24) is 20.3 Å². The maximum absolute atomic E-state index is 9.24. The first-order valence-corrected chi connectivity index (χ1v) is 12.8. The molecule has 1 aliphatic carbocycles. The van der Waals surface area contributed by atoms with Gasteiger partial charge in [0.05, 0.1) is 22.2 Å². The number of benzene rings is 1. The Morgan fingerprint density at radius 1 is 1.15 bits per heavy atom. The molecular weight excluding hydrogens is 428 g/mol. The van der Waals surface area contributed by atoms with Crippen LogP contribution in [0.4, 0.5) is 5.13 Å². The third kappa shape index (κ3) is 3.67. The van der Waals surface area contributed by atoms with E-state index in [0.717, 1.165) is 61.3 Å². The van der Waals surface area contributed by atoms with Crippen molar-refractivity contribution in [1.29, 1.82) is 5.26 Å². The van der Waals surface area contributed by atoms with E-state index in [4.69, 9.17) is 4.98 Å². The fourth-order valence-corrected chi connectivity index (χ4v) is 6.97. The highest BCUT2D eigenvalue weighted by Gasteiger charge is 2.34. The third-order valence-corrected chi connectivity index (χ3v) is 8.97. The largest absolute Gasteiger partial charge is 0.348 e. The van der Waals surface area contributed by atoms with E-state index in [-0.39, 0.29) is 0 Å². The number of nitriles is 1. The molecule has 6 nitrogen and oxygen atoms in total. The molecule has 4 aliphatic rings. The summed E-state index contributed by atoms with van der Waals surface area (Å²) in [6.07, 6.45) is 6.99. The number of thiazole rings is 1. The van der Waals surface area contributed by atoms with Crippen LogP contribution in [0.25, 0.3) is 16.8 Å². The molecule has 4 heterocycles. The van der Waals surface area contributed by atoms with Gasteiger partial charge < -0.3 is 15.2 Å². The number of fused-ring (bicyclic) bond motifs is 1. The number of hydrazine groups is 1. The fraction of sp³-hybridized carbons (Fsp3) is 0.462. The summed E-state index contributed by atoms with van der Waals surface area (Å²) in [6, 6.07) is 10.8. The first-order valence-electron chi connectivity index (χ1n) is 12.0. The van der Waals surface area contributed by atoms with Crippen LogP contribution >= 0.6 is 11.3 Å². The van der Waals surface area contributed by atoms with Crippen molar-refractivity contribution < 1.29 is 0 Å². The van der Waals surface area contributed by atoms with Crippen LogP contribution in [0, 0.1) is 17.2 Å². The van der Waals surface area contributed by atoms with Crippen LogP contribution in [-0.2, 0) is 0 Å². The number of allylic oxidation sites excluding steroid dienone is 2. The van der Waals surface area contributed by atoms with Crippen molar-refractivity contribution in [3.8, 4) is 17.3 Å². The Morgan fingerprint density at radius 2 is 2.00 bits per heavy atom. The lowest BCUT2D eigenvalue weighted by atomic mass is 9.94. The Bertz CT molecular complexity index is 1170. The average Bonchev–Trinajstić information content (AvgIpc) is 3.56. The maximum Gasteiger partial charge on any atom is 0.186 e. The monoisotopic (exact) mass is 458 g/mol. The van der Waals surface area contributed by atoms with Crippen LogP contribution in [-0.4, -0.2) is 61.3 Å². The second-order valence-corrected chi connectivity index (χ2v) is 10.7. The lowest BCUT2D eigenvalue weighted by molar-refractivity contribution is 0.0988. The number of anilines is 1. The summed E-state index contributed by atoms with van der Waals surface area (Å²) in [4.78, 5) is 9.04. The molecule has 170 valence electrons. The number of nitrogens with one attached hydrogen (secondary N) is 1. The van der Waals surface area contributed by atoms with Gasteiger partial charge in [0.2, 0.25) is 0 Å². The zero-order chi connectivity index (χ0) is 22.5. The van der Waals surface area contributed by atoms with Crippen LogP contribution in [0.3, 0.4) is 0 Å². The number of piperidine rings is 1. The zero-order valence-electron chi connectivity index (χ0n) is 19.3. The number of hydrogen-bond donors (Lipinski definition) is 1. The summed E-state index contributed by atoms with van der Waals surface area (Å²) in [5.41, 5.74) is 7.14. The zero-order valence-corrected chi connectivity index (χ0v) is 20.2. The van der Waals surface area contributed by atoms with Gasteiger partial charge in [-0.25, -0.2) is 9.99 Å². The lowest BCUT2D eigenvalue weighted by Crippen LogP contribution is -2.44. The quantitative estimate of drug-likeness (QED) is 0.748. The summed E-state index contributed by atoms with van der Waals surface area (Å²) >= 11 is 1.86. The number of nitrogens with zero attached hydrogens (tertiary/aromatic N) is 5. The van der Waals surface area contributed by atoms with Gasteiger partial charge in [0.15, 0.2) is 5.13 Å². The number of rotatable bonds is 3. The van der Waals surface area contributed by atoms with E-state index in [1.165, 1.54) is 34.6 Å². The Morgan fingerprint density at radius 3 is 2.82 bits per heavy atom. The summed E-state index contributed by atoms with van der Waals surface area (Å²) in [5.74, 6) is 0.732. The molecule has 0 amide bonds. The van der Waals surface area contributed by atoms with Gasteiger partial charge in [0.1, 0.15) is 0 Å². The van der Waals surface area contributed by atoms with Crippen LogP contribution < -0.4 is 10.2 Å². The van der Waals surface area contributed by atoms with Crippen LogP contribution in [0.2, 0.25) is 0 Å². The molecule has 1 aromatic carbocycles. The predicted molar refractivity (Wildman–Crippen MR) is 134 cm³/mol. The minimum Gasteiger partial charge on any atom is -0.348 e. The van der Waals surface area contributed by atoms with Gasteiger partial charge in [-0.2, -0.15) is 5.26 Å². The van der Waals surface area contributed by atoms with Crippen molar-refractivity contribution >= 4 is 22.0 Å². The molecule has 7 heteroatoms. The van der Waals surface area contributed by atoms with E-state index in [1.54, 1.807) is 0 Å². The van der Waals surface area contributed by atoms with E-state index >= 15 is 0 Å². The molecule has 1 aromatic heterocycles. The lowest BCUT2D eigenvalue weighted by Gasteiger charge is -2.34. The second kappa shape index (κ2) is 8.28. The summed E-state index contributed by atoms with van der Waals surface area (Å²) in [6.45, 7) is 4.28. The van der Waals surface area contributed by atoms with Crippen molar-refractivity contribution in [2.24, 2.45) is 5.92 Å². The van der Waals surface area contributed by atoms with Gasteiger partial charge in [-0.05, 0) is 61.4 Å². The molecule has 2 atom stereocenters. The molecule has 0 saturated carbocycles. The molecule has 2 aromatic rings. The normalized spacial score (nSPS) is 25.2. The van der Waals surface area contributed by atoms with E-state index in [9.17, 15) is 5.26 Å². The molecule has 2 fully saturated rings. The molecule has 3 aliphatic heterocycles. The highest BCUT2D eigenvalue weighted by Crippen LogP contribution is 2.44. The Balaban J connectivity index is 1.39. The van der Waals surface area contributed by atoms with E-state index in [1.807, 2.05) is 23.5 Å². The molecular formula is C26H30N6S.